The molecule has 1 heterocycles. The van der Waals surface area contributed by atoms with Gasteiger partial charge < -0.3 is 20.1 Å². The molecule has 1 aromatic rings. The number of piperidine rings is 1. The van der Waals surface area contributed by atoms with Crippen LogP contribution in [0, 0.1) is 23.5 Å². The van der Waals surface area contributed by atoms with E-state index in [0.717, 1.165) is 12.1 Å². The first-order valence-corrected chi connectivity index (χ1v) is 8.12. The van der Waals surface area contributed by atoms with Crippen LogP contribution in [-0.2, 0) is 4.79 Å². The van der Waals surface area contributed by atoms with Crippen molar-refractivity contribution in [2.75, 3.05) is 19.7 Å². The monoisotopic (exact) mass is 356 g/mol. The van der Waals surface area contributed by atoms with Gasteiger partial charge >= 0.3 is 12.0 Å². The predicted octanol–water partition coefficient (Wildman–Crippen LogP) is 2.48. The number of likely N-dealkylation sites (tertiary alicyclic amines) is 1. The Hall–Kier alpha value is -2.38. The Bertz CT molecular complexity index is 641. The van der Waals surface area contributed by atoms with Gasteiger partial charge in [-0.2, -0.15) is 0 Å². The van der Waals surface area contributed by atoms with Crippen LogP contribution in [0.2, 0.25) is 0 Å². The van der Waals surface area contributed by atoms with E-state index in [0.29, 0.717) is 13.0 Å². The molecular weight excluding hydrogens is 334 g/mol. The number of hydrogen-bond donors (Lipinski definition) is 2. The second-order valence-electron chi connectivity index (χ2n) is 6.52. The van der Waals surface area contributed by atoms with Gasteiger partial charge in [0.15, 0.2) is 11.6 Å². The van der Waals surface area contributed by atoms with E-state index in [1.54, 1.807) is 6.92 Å². The normalized spacial score (nSPS) is 21.5. The van der Waals surface area contributed by atoms with E-state index >= 15 is 0 Å². The van der Waals surface area contributed by atoms with E-state index in [1.807, 2.05) is 6.92 Å². The largest absolute Gasteiger partial charge is 0.488 e. The first-order valence-electron chi connectivity index (χ1n) is 8.12. The van der Waals surface area contributed by atoms with Crippen molar-refractivity contribution < 1.29 is 28.2 Å². The molecular formula is C17H22F2N2O4. The summed E-state index contributed by atoms with van der Waals surface area (Å²) in [5, 5.41) is 11.9. The van der Waals surface area contributed by atoms with E-state index in [9.17, 15) is 18.4 Å². The number of nitrogens with one attached hydrogen (secondary N) is 1. The number of carbonyl (C=O) groups is 2. The minimum Gasteiger partial charge on any atom is -0.488 e. The second kappa shape index (κ2) is 8.13. The smallest absolute Gasteiger partial charge is 0.317 e. The molecule has 138 valence electrons. The maximum Gasteiger partial charge on any atom is 0.317 e. The molecule has 0 aliphatic carbocycles. The number of hydrogen-bond acceptors (Lipinski definition) is 3. The summed E-state index contributed by atoms with van der Waals surface area (Å²) in [5.74, 6) is -2.99. The molecule has 0 spiro atoms. The maximum absolute atomic E-state index is 13.5. The lowest BCUT2D eigenvalue weighted by Crippen LogP contribution is -2.52. The Balaban J connectivity index is 1.85. The Labute approximate surface area is 144 Å². The van der Waals surface area contributed by atoms with Crippen LogP contribution >= 0.6 is 0 Å². The zero-order valence-electron chi connectivity index (χ0n) is 14.2. The zero-order valence-corrected chi connectivity index (χ0v) is 14.2. The number of halogens is 2. The molecule has 1 aliphatic rings. The highest BCUT2D eigenvalue weighted by Crippen LogP contribution is 2.22. The molecule has 1 saturated heterocycles. The molecule has 2 N–H and O–H groups in total. The van der Waals surface area contributed by atoms with Crippen LogP contribution in [-0.4, -0.2) is 47.7 Å². The Morgan fingerprint density at radius 2 is 2.12 bits per heavy atom. The SMILES string of the molecule is CC1CC(C(=O)O)CN(C(=O)NC(C)COc2ccc(F)cc2F)C1. The van der Waals surface area contributed by atoms with Crippen LogP contribution in [0.15, 0.2) is 18.2 Å². The number of urea groups is 1. The molecule has 0 radical (unpaired) electrons. The van der Waals surface area contributed by atoms with Gasteiger partial charge in [-0.25, -0.2) is 13.6 Å². The molecule has 1 aromatic carbocycles. The minimum absolute atomic E-state index is 0.0000447. The van der Waals surface area contributed by atoms with E-state index in [2.05, 4.69) is 5.32 Å². The summed E-state index contributed by atoms with van der Waals surface area (Å²) in [4.78, 5) is 24.9. The fraction of sp³-hybridized carbons (Fsp3) is 0.529. The third kappa shape index (κ3) is 5.30. The number of amides is 2. The average Bonchev–Trinajstić information content (AvgIpc) is 2.53. The molecule has 6 nitrogen and oxygen atoms in total. The summed E-state index contributed by atoms with van der Waals surface area (Å²) in [6.45, 7) is 4.22. The van der Waals surface area contributed by atoms with Crippen molar-refractivity contribution in [3.63, 3.8) is 0 Å². The number of benzene rings is 1. The van der Waals surface area contributed by atoms with Gasteiger partial charge in [0.05, 0.1) is 12.0 Å². The van der Waals surface area contributed by atoms with Crippen LogP contribution in [0.5, 0.6) is 5.75 Å². The van der Waals surface area contributed by atoms with Crippen molar-refractivity contribution >= 4 is 12.0 Å². The van der Waals surface area contributed by atoms with Crippen LogP contribution in [0.4, 0.5) is 13.6 Å². The Morgan fingerprint density at radius 3 is 2.76 bits per heavy atom. The van der Waals surface area contributed by atoms with Crippen LogP contribution in [0.1, 0.15) is 20.3 Å². The number of rotatable bonds is 5. The topological polar surface area (TPSA) is 78.9 Å². The number of carboxylic acids is 1. The fourth-order valence-electron chi connectivity index (χ4n) is 2.85. The Morgan fingerprint density at radius 1 is 1.40 bits per heavy atom. The average molecular weight is 356 g/mol. The second-order valence-corrected chi connectivity index (χ2v) is 6.52. The summed E-state index contributed by atoms with van der Waals surface area (Å²) in [6.07, 6.45) is 0.543. The molecule has 2 amide bonds. The van der Waals surface area contributed by atoms with Gasteiger partial charge in [0.1, 0.15) is 12.4 Å². The van der Waals surface area contributed by atoms with Crippen molar-refractivity contribution in [3.05, 3.63) is 29.8 Å². The standard InChI is InChI=1S/C17H22F2N2O4/c1-10-5-12(16(22)23)8-21(7-10)17(24)20-11(2)9-25-15-4-3-13(18)6-14(15)19/h3-4,6,10-12H,5,7-9H2,1-2H3,(H,20,24)(H,22,23). The minimum atomic E-state index is -0.910. The molecule has 25 heavy (non-hydrogen) atoms. The van der Waals surface area contributed by atoms with Crippen LogP contribution in [0.25, 0.3) is 0 Å². The van der Waals surface area contributed by atoms with Crippen LogP contribution < -0.4 is 10.1 Å². The summed E-state index contributed by atoms with van der Waals surface area (Å²) in [6, 6.07) is 2.18. The summed E-state index contributed by atoms with van der Waals surface area (Å²) < 4.78 is 31.6. The van der Waals surface area contributed by atoms with E-state index in [4.69, 9.17) is 9.84 Å². The molecule has 1 fully saturated rings. The lowest BCUT2D eigenvalue weighted by Gasteiger charge is -2.35. The molecule has 2 rings (SSSR count). The van der Waals surface area contributed by atoms with Crippen molar-refractivity contribution in [1.82, 2.24) is 10.2 Å². The third-order valence-electron chi connectivity index (χ3n) is 4.05. The molecule has 3 atom stereocenters. The summed E-state index contributed by atoms with van der Waals surface area (Å²) in [5.41, 5.74) is 0. The number of carbonyl (C=O) groups excluding carboxylic acids is 1. The zero-order chi connectivity index (χ0) is 18.6. The van der Waals surface area contributed by atoms with E-state index in [1.165, 1.54) is 11.0 Å². The van der Waals surface area contributed by atoms with Gasteiger partial charge in [-0.05, 0) is 31.4 Å². The lowest BCUT2D eigenvalue weighted by atomic mass is 9.91. The number of nitrogens with zero attached hydrogens (tertiary/aromatic N) is 1. The highest BCUT2D eigenvalue weighted by atomic mass is 19.1. The van der Waals surface area contributed by atoms with Crippen molar-refractivity contribution in [1.29, 1.82) is 0 Å². The molecule has 1 aliphatic heterocycles. The predicted molar refractivity (Wildman–Crippen MR) is 86.3 cm³/mol. The maximum atomic E-state index is 13.5. The number of carboxylic acid groups (broad SMARTS) is 1. The van der Waals surface area contributed by atoms with E-state index in [-0.39, 0.29) is 30.9 Å². The fourth-order valence-corrected chi connectivity index (χ4v) is 2.85. The van der Waals surface area contributed by atoms with Crippen molar-refractivity contribution in [3.8, 4) is 5.75 Å². The number of ether oxygens (including phenoxy) is 1. The van der Waals surface area contributed by atoms with Gasteiger partial charge in [0.25, 0.3) is 0 Å². The van der Waals surface area contributed by atoms with E-state index < -0.39 is 29.6 Å². The quantitative estimate of drug-likeness (QED) is 0.850. The first-order chi connectivity index (χ1) is 11.8. The molecule has 0 bridgehead atoms. The number of aliphatic carboxylic acids is 1. The molecule has 0 saturated carbocycles. The molecule has 8 heteroatoms. The van der Waals surface area contributed by atoms with Crippen molar-refractivity contribution in [2.45, 2.75) is 26.3 Å². The molecule has 3 unspecified atom stereocenters. The van der Waals surface area contributed by atoms with Gasteiger partial charge in [0, 0.05) is 19.2 Å². The lowest BCUT2D eigenvalue weighted by molar-refractivity contribution is -0.143. The van der Waals surface area contributed by atoms with Crippen molar-refractivity contribution in [2.24, 2.45) is 11.8 Å². The summed E-state index contributed by atoms with van der Waals surface area (Å²) >= 11 is 0. The Kier molecular flexibility index (Phi) is 6.17. The summed E-state index contributed by atoms with van der Waals surface area (Å²) in [7, 11) is 0. The first kappa shape index (κ1) is 19.0. The molecule has 0 aromatic heterocycles. The van der Waals surface area contributed by atoms with Crippen LogP contribution in [0.3, 0.4) is 0 Å². The van der Waals surface area contributed by atoms with Gasteiger partial charge in [-0.1, -0.05) is 6.92 Å². The van der Waals surface area contributed by atoms with Gasteiger partial charge in [0.2, 0.25) is 0 Å². The van der Waals surface area contributed by atoms with Gasteiger partial charge in [-0.15, -0.1) is 0 Å². The van der Waals surface area contributed by atoms with Gasteiger partial charge in [-0.3, -0.25) is 4.79 Å². The highest BCUT2D eigenvalue weighted by molar-refractivity contribution is 5.76. The highest BCUT2D eigenvalue weighted by Gasteiger charge is 2.32. The third-order valence-corrected chi connectivity index (χ3v) is 4.05.